The highest BCUT2D eigenvalue weighted by Crippen LogP contribution is 2.12. The Morgan fingerprint density at radius 1 is 0.900 bits per heavy atom. The molecule has 3 aliphatic rings. The number of nitrogens with zero attached hydrogens (tertiary/aromatic N) is 2. The Labute approximate surface area is 125 Å². The van der Waals surface area contributed by atoms with E-state index in [1.807, 2.05) is 0 Å². The van der Waals surface area contributed by atoms with Crippen LogP contribution in [0.3, 0.4) is 0 Å². The molecule has 0 aromatic carbocycles. The zero-order valence-electron chi connectivity index (χ0n) is 13.2. The van der Waals surface area contributed by atoms with Crippen molar-refractivity contribution in [1.29, 1.82) is 0 Å². The Kier molecular flexibility index (Phi) is 7.88. The third kappa shape index (κ3) is 6.08. The molecule has 4 heteroatoms. The van der Waals surface area contributed by atoms with Crippen LogP contribution in [0, 0.1) is 0 Å². The summed E-state index contributed by atoms with van der Waals surface area (Å²) in [5.74, 6) is 0. The van der Waals surface area contributed by atoms with Crippen molar-refractivity contribution in [2.45, 2.75) is 51.0 Å². The summed E-state index contributed by atoms with van der Waals surface area (Å²) >= 11 is 0. The molecular formula is C16H34N4. The standard InChI is InChI=1S/C9H18N2.C7H16N2/c1-2-7-11(6-1)8-9-4-3-5-10-9;8-4-3-7-9-5-1-2-6-9/h9-10H,1-8H2;1-8H2. The van der Waals surface area contributed by atoms with E-state index in [1.165, 1.54) is 90.8 Å². The number of likely N-dealkylation sites (tertiary alicyclic amines) is 2. The predicted octanol–water partition coefficient (Wildman–Crippen LogP) is 1.27. The van der Waals surface area contributed by atoms with Gasteiger partial charge in [0.25, 0.3) is 0 Å². The monoisotopic (exact) mass is 282 g/mol. The van der Waals surface area contributed by atoms with Gasteiger partial charge in [-0.2, -0.15) is 0 Å². The van der Waals surface area contributed by atoms with Crippen LogP contribution in [0.25, 0.3) is 0 Å². The number of hydrogen-bond donors (Lipinski definition) is 2. The first kappa shape index (κ1) is 16.2. The fraction of sp³-hybridized carbons (Fsp3) is 1.00. The van der Waals surface area contributed by atoms with E-state index in [9.17, 15) is 0 Å². The van der Waals surface area contributed by atoms with Crippen LogP contribution in [-0.4, -0.2) is 68.2 Å². The molecule has 1 atom stereocenters. The van der Waals surface area contributed by atoms with Crippen molar-refractivity contribution in [2.24, 2.45) is 5.73 Å². The molecule has 0 bridgehead atoms. The molecule has 0 radical (unpaired) electrons. The fourth-order valence-electron chi connectivity index (χ4n) is 3.51. The quantitative estimate of drug-likeness (QED) is 0.797. The number of rotatable bonds is 5. The lowest BCUT2D eigenvalue weighted by Gasteiger charge is -2.19. The van der Waals surface area contributed by atoms with Crippen molar-refractivity contribution < 1.29 is 0 Å². The van der Waals surface area contributed by atoms with Gasteiger partial charge in [-0.1, -0.05) is 0 Å². The molecule has 0 spiro atoms. The van der Waals surface area contributed by atoms with Crippen LogP contribution in [-0.2, 0) is 0 Å². The van der Waals surface area contributed by atoms with E-state index in [0.717, 1.165) is 12.6 Å². The Hall–Kier alpha value is -0.160. The van der Waals surface area contributed by atoms with Crippen LogP contribution in [0.1, 0.15) is 44.9 Å². The topological polar surface area (TPSA) is 44.5 Å². The van der Waals surface area contributed by atoms with Crippen LogP contribution in [0.2, 0.25) is 0 Å². The zero-order chi connectivity index (χ0) is 14.0. The van der Waals surface area contributed by atoms with Crippen molar-refractivity contribution in [3.8, 4) is 0 Å². The molecule has 0 aliphatic carbocycles. The summed E-state index contributed by atoms with van der Waals surface area (Å²) in [7, 11) is 0. The normalized spacial score (nSPS) is 27.8. The van der Waals surface area contributed by atoms with E-state index >= 15 is 0 Å². The summed E-state index contributed by atoms with van der Waals surface area (Å²) in [5, 5.41) is 3.54. The second-order valence-electron chi connectivity index (χ2n) is 6.49. The van der Waals surface area contributed by atoms with Crippen LogP contribution < -0.4 is 11.1 Å². The van der Waals surface area contributed by atoms with Crippen molar-refractivity contribution in [3.05, 3.63) is 0 Å². The third-order valence-electron chi connectivity index (χ3n) is 4.72. The molecule has 3 aliphatic heterocycles. The summed E-state index contributed by atoms with van der Waals surface area (Å²) in [6.45, 7) is 9.92. The Bertz CT molecular complexity index is 215. The van der Waals surface area contributed by atoms with Gasteiger partial charge in [0.1, 0.15) is 0 Å². The molecular weight excluding hydrogens is 248 g/mol. The summed E-state index contributed by atoms with van der Waals surface area (Å²) < 4.78 is 0. The molecule has 3 saturated heterocycles. The fourth-order valence-corrected chi connectivity index (χ4v) is 3.51. The highest BCUT2D eigenvalue weighted by Gasteiger charge is 2.19. The molecule has 1 unspecified atom stereocenters. The van der Waals surface area contributed by atoms with Crippen molar-refractivity contribution in [2.75, 3.05) is 52.4 Å². The lowest BCUT2D eigenvalue weighted by molar-refractivity contribution is 0.303. The zero-order valence-corrected chi connectivity index (χ0v) is 13.2. The van der Waals surface area contributed by atoms with Gasteiger partial charge in [0.15, 0.2) is 0 Å². The largest absolute Gasteiger partial charge is 0.330 e. The molecule has 3 fully saturated rings. The van der Waals surface area contributed by atoms with Gasteiger partial charge in [-0.05, 0) is 90.8 Å². The van der Waals surface area contributed by atoms with Crippen LogP contribution in [0.5, 0.6) is 0 Å². The third-order valence-corrected chi connectivity index (χ3v) is 4.72. The maximum absolute atomic E-state index is 5.38. The van der Waals surface area contributed by atoms with E-state index < -0.39 is 0 Å². The van der Waals surface area contributed by atoms with Crippen molar-refractivity contribution in [3.63, 3.8) is 0 Å². The van der Waals surface area contributed by atoms with Crippen LogP contribution in [0.4, 0.5) is 0 Å². The molecule has 118 valence electrons. The molecule has 0 aromatic heterocycles. The Morgan fingerprint density at radius 2 is 1.55 bits per heavy atom. The number of nitrogens with two attached hydrogens (primary N) is 1. The molecule has 0 amide bonds. The Morgan fingerprint density at radius 3 is 2.10 bits per heavy atom. The van der Waals surface area contributed by atoms with Gasteiger partial charge in [0.05, 0.1) is 0 Å². The highest BCUT2D eigenvalue weighted by atomic mass is 15.2. The lowest BCUT2D eigenvalue weighted by Crippen LogP contribution is -2.35. The summed E-state index contributed by atoms with van der Waals surface area (Å²) in [6, 6.07) is 0.813. The van der Waals surface area contributed by atoms with Gasteiger partial charge in [-0.3, -0.25) is 0 Å². The van der Waals surface area contributed by atoms with E-state index in [-0.39, 0.29) is 0 Å². The van der Waals surface area contributed by atoms with Gasteiger partial charge < -0.3 is 20.9 Å². The van der Waals surface area contributed by atoms with E-state index in [2.05, 4.69) is 15.1 Å². The smallest absolute Gasteiger partial charge is 0.0195 e. The minimum absolute atomic E-state index is 0.813. The average molecular weight is 282 g/mol. The number of nitrogens with one attached hydrogen (secondary N) is 1. The van der Waals surface area contributed by atoms with Gasteiger partial charge in [0.2, 0.25) is 0 Å². The minimum Gasteiger partial charge on any atom is -0.330 e. The maximum atomic E-state index is 5.38. The maximum Gasteiger partial charge on any atom is 0.0195 e. The van der Waals surface area contributed by atoms with Gasteiger partial charge in [-0.25, -0.2) is 0 Å². The molecule has 3 rings (SSSR count). The molecule has 0 aromatic rings. The lowest BCUT2D eigenvalue weighted by atomic mass is 10.2. The second-order valence-corrected chi connectivity index (χ2v) is 6.49. The molecule has 3 heterocycles. The SMILES string of the molecule is C1CNC(CN2CCCC2)C1.NCCCN1CCCC1. The minimum atomic E-state index is 0.813. The summed E-state index contributed by atoms with van der Waals surface area (Å²) in [4.78, 5) is 5.09. The van der Waals surface area contributed by atoms with Crippen molar-refractivity contribution >= 4 is 0 Å². The highest BCUT2D eigenvalue weighted by molar-refractivity contribution is 4.79. The molecule has 3 N–H and O–H groups in total. The first-order chi connectivity index (χ1) is 9.88. The molecule has 4 nitrogen and oxygen atoms in total. The first-order valence-electron chi connectivity index (χ1n) is 8.76. The molecule has 20 heavy (non-hydrogen) atoms. The van der Waals surface area contributed by atoms with E-state index in [0.29, 0.717) is 0 Å². The summed E-state index contributed by atoms with van der Waals surface area (Å²) in [5.41, 5.74) is 5.38. The summed E-state index contributed by atoms with van der Waals surface area (Å²) in [6.07, 6.45) is 9.59. The van der Waals surface area contributed by atoms with Gasteiger partial charge in [0, 0.05) is 12.6 Å². The van der Waals surface area contributed by atoms with Crippen molar-refractivity contribution in [1.82, 2.24) is 15.1 Å². The molecule has 0 saturated carbocycles. The number of hydrogen-bond acceptors (Lipinski definition) is 4. The van der Waals surface area contributed by atoms with Crippen LogP contribution in [0.15, 0.2) is 0 Å². The van der Waals surface area contributed by atoms with Gasteiger partial charge >= 0.3 is 0 Å². The van der Waals surface area contributed by atoms with Gasteiger partial charge in [-0.15, -0.1) is 0 Å². The predicted molar refractivity (Wildman–Crippen MR) is 86.0 cm³/mol. The van der Waals surface area contributed by atoms with Crippen LogP contribution >= 0.6 is 0 Å². The average Bonchev–Trinajstić information content (AvgIpc) is 3.21. The first-order valence-corrected chi connectivity index (χ1v) is 8.76. The Balaban J connectivity index is 0.000000151. The van der Waals surface area contributed by atoms with E-state index in [1.54, 1.807) is 0 Å². The second kappa shape index (κ2) is 9.72. The van der Waals surface area contributed by atoms with E-state index in [4.69, 9.17) is 5.73 Å².